The minimum absolute atomic E-state index is 0.0610. The van der Waals surface area contributed by atoms with E-state index in [0.717, 1.165) is 31.7 Å². The molecule has 1 aliphatic heterocycles. The van der Waals surface area contributed by atoms with E-state index in [1.54, 1.807) is 0 Å². The van der Waals surface area contributed by atoms with Crippen molar-refractivity contribution in [3.05, 3.63) is 0 Å². The van der Waals surface area contributed by atoms with E-state index in [-0.39, 0.29) is 11.9 Å². The van der Waals surface area contributed by atoms with Gasteiger partial charge < -0.3 is 10.6 Å². The molecule has 0 radical (unpaired) electrons. The van der Waals surface area contributed by atoms with Gasteiger partial charge in [0.1, 0.15) is 0 Å². The lowest BCUT2D eigenvalue weighted by Crippen LogP contribution is -2.52. The third-order valence-corrected chi connectivity index (χ3v) is 2.67. The maximum Gasteiger partial charge on any atom is 0.237 e. The molecule has 12 heavy (non-hydrogen) atoms. The van der Waals surface area contributed by atoms with Crippen LogP contribution < -0.4 is 10.6 Å². The first-order valence-electron chi connectivity index (χ1n) is 4.34. The van der Waals surface area contributed by atoms with Gasteiger partial charge in [0.25, 0.3) is 0 Å². The molecule has 0 aromatic carbocycles. The summed E-state index contributed by atoms with van der Waals surface area (Å²) in [6.45, 7) is 1.69. The van der Waals surface area contributed by atoms with Crippen molar-refractivity contribution < 1.29 is 4.79 Å². The van der Waals surface area contributed by atoms with E-state index < -0.39 is 0 Å². The number of hydrogen-bond acceptors (Lipinski definition) is 3. The van der Waals surface area contributed by atoms with Crippen molar-refractivity contribution in [2.75, 3.05) is 25.1 Å². The van der Waals surface area contributed by atoms with Crippen LogP contribution in [0.25, 0.3) is 0 Å². The summed E-state index contributed by atoms with van der Waals surface area (Å²) in [5.41, 5.74) is 0. The Labute approximate surface area is 77.7 Å². The average molecular weight is 188 g/mol. The van der Waals surface area contributed by atoms with E-state index in [0.29, 0.717) is 0 Å². The fourth-order valence-electron chi connectivity index (χ4n) is 1.31. The predicted octanol–water partition coefficient (Wildman–Crippen LogP) is 0.218. The highest BCUT2D eigenvalue weighted by Crippen LogP contribution is 2.04. The molecule has 2 N–H and O–H groups in total. The molecule has 70 valence electrons. The van der Waals surface area contributed by atoms with Crippen LogP contribution in [0.3, 0.4) is 0 Å². The molecule has 0 aliphatic carbocycles. The second-order valence-electron chi connectivity index (χ2n) is 2.93. The van der Waals surface area contributed by atoms with Crippen LogP contribution >= 0.6 is 11.8 Å². The summed E-state index contributed by atoms with van der Waals surface area (Å²) in [4.78, 5) is 11.2. The monoisotopic (exact) mass is 188 g/mol. The van der Waals surface area contributed by atoms with Crippen LogP contribution in [0.1, 0.15) is 12.8 Å². The Morgan fingerprint density at radius 2 is 2.42 bits per heavy atom. The number of carbonyl (C=O) groups excluding carboxylic acids is 1. The van der Waals surface area contributed by atoms with Gasteiger partial charge in [0, 0.05) is 13.1 Å². The van der Waals surface area contributed by atoms with Gasteiger partial charge in [0.05, 0.1) is 6.04 Å². The average Bonchev–Trinajstić information content (AvgIpc) is 2.09. The van der Waals surface area contributed by atoms with Gasteiger partial charge in [-0.15, -0.1) is 0 Å². The molecule has 1 unspecified atom stereocenters. The Morgan fingerprint density at radius 1 is 1.58 bits per heavy atom. The Balaban J connectivity index is 2.16. The second kappa shape index (κ2) is 5.43. The van der Waals surface area contributed by atoms with Gasteiger partial charge in [0.15, 0.2) is 0 Å². The van der Waals surface area contributed by atoms with Gasteiger partial charge in [0.2, 0.25) is 5.91 Å². The van der Waals surface area contributed by atoms with Crippen molar-refractivity contribution >= 4 is 17.7 Å². The van der Waals surface area contributed by atoms with Crippen LogP contribution in [-0.2, 0) is 4.79 Å². The summed E-state index contributed by atoms with van der Waals surface area (Å²) in [6.07, 6.45) is 4.17. The zero-order valence-electron chi connectivity index (χ0n) is 7.43. The first-order valence-corrected chi connectivity index (χ1v) is 5.74. The standard InChI is InChI=1S/C8H16N2OS/c1-12-6-2-3-7-8(11)10-5-4-9-7/h7,9H,2-6H2,1H3,(H,10,11). The van der Waals surface area contributed by atoms with Gasteiger partial charge in [-0.3, -0.25) is 4.79 Å². The molecular weight excluding hydrogens is 172 g/mol. The van der Waals surface area contributed by atoms with Crippen LogP contribution in [0.15, 0.2) is 0 Å². The van der Waals surface area contributed by atoms with Crippen LogP contribution in [0.4, 0.5) is 0 Å². The lowest BCUT2D eigenvalue weighted by Gasteiger charge is -2.23. The molecule has 1 aliphatic rings. The lowest BCUT2D eigenvalue weighted by molar-refractivity contribution is -0.124. The van der Waals surface area contributed by atoms with Crippen molar-refractivity contribution in [2.45, 2.75) is 18.9 Å². The highest BCUT2D eigenvalue weighted by molar-refractivity contribution is 7.98. The van der Waals surface area contributed by atoms with Gasteiger partial charge >= 0.3 is 0 Å². The number of piperazine rings is 1. The molecule has 3 nitrogen and oxygen atoms in total. The van der Waals surface area contributed by atoms with Gasteiger partial charge in [-0.25, -0.2) is 0 Å². The van der Waals surface area contributed by atoms with Crippen molar-refractivity contribution in [2.24, 2.45) is 0 Å². The van der Waals surface area contributed by atoms with E-state index in [2.05, 4.69) is 16.9 Å². The first kappa shape index (κ1) is 9.86. The van der Waals surface area contributed by atoms with E-state index in [1.165, 1.54) is 0 Å². The zero-order chi connectivity index (χ0) is 8.81. The molecule has 0 spiro atoms. The molecule has 1 amide bonds. The minimum atomic E-state index is 0.0610. The summed E-state index contributed by atoms with van der Waals surface area (Å²) in [5.74, 6) is 1.31. The normalized spacial score (nSPS) is 23.8. The molecule has 1 saturated heterocycles. The maximum absolute atomic E-state index is 11.2. The molecule has 0 aromatic rings. The summed E-state index contributed by atoms with van der Waals surface area (Å²) in [7, 11) is 0. The topological polar surface area (TPSA) is 41.1 Å². The smallest absolute Gasteiger partial charge is 0.237 e. The van der Waals surface area contributed by atoms with E-state index in [1.807, 2.05) is 11.8 Å². The molecule has 0 bridgehead atoms. The number of carbonyl (C=O) groups is 1. The zero-order valence-corrected chi connectivity index (χ0v) is 8.25. The Morgan fingerprint density at radius 3 is 3.08 bits per heavy atom. The molecule has 4 heteroatoms. The fraction of sp³-hybridized carbons (Fsp3) is 0.875. The molecule has 1 fully saturated rings. The van der Waals surface area contributed by atoms with Crippen molar-refractivity contribution in [3.63, 3.8) is 0 Å². The Hall–Kier alpha value is -0.220. The van der Waals surface area contributed by atoms with Crippen molar-refractivity contribution in [1.82, 2.24) is 10.6 Å². The number of amides is 1. The van der Waals surface area contributed by atoms with Crippen LogP contribution in [0.5, 0.6) is 0 Å². The number of hydrogen-bond donors (Lipinski definition) is 2. The summed E-state index contributed by atoms with van der Waals surface area (Å²) >= 11 is 1.83. The third kappa shape index (κ3) is 3.03. The number of rotatable bonds is 4. The number of thioether (sulfide) groups is 1. The van der Waals surface area contributed by atoms with Crippen LogP contribution in [0.2, 0.25) is 0 Å². The van der Waals surface area contributed by atoms with Crippen LogP contribution in [-0.4, -0.2) is 37.0 Å². The summed E-state index contributed by atoms with van der Waals surface area (Å²) < 4.78 is 0. The van der Waals surface area contributed by atoms with E-state index in [9.17, 15) is 4.79 Å². The van der Waals surface area contributed by atoms with E-state index >= 15 is 0 Å². The minimum Gasteiger partial charge on any atom is -0.353 e. The van der Waals surface area contributed by atoms with E-state index in [4.69, 9.17) is 0 Å². The highest BCUT2D eigenvalue weighted by Gasteiger charge is 2.19. The molecular formula is C8H16N2OS. The molecule has 0 aromatic heterocycles. The first-order chi connectivity index (χ1) is 5.84. The molecule has 1 heterocycles. The van der Waals surface area contributed by atoms with Gasteiger partial charge in [-0.05, 0) is 24.9 Å². The van der Waals surface area contributed by atoms with Gasteiger partial charge in [-0.1, -0.05) is 0 Å². The lowest BCUT2D eigenvalue weighted by atomic mass is 10.1. The van der Waals surface area contributed by atoms with Crippen molar-refractivity contribution in [1.29, 1.82) is 0 Å². The van der Waals surface area contributed by atoms with Crippen molar-refractivity contribution in [3.8, 4) is 0 Å². The third-order valence-electron chi connectivity index (χ3n) is 1.97. The second-order valence-corrected chi connectivity index (χ2v) is 3.92. The SMILES string of the molecule is CSCCCC1NCCNC1=O. The fourth-order valence-corrected chi connectivity index (χ4v) is 1.77. The summed E-state index contributed by atoms with van der Waals surface area (Å²) in [5, 5.41) is 6.06. The summed E-state index contributed by atoms with van der Waals surface area (Å²) in [6, 6.07) is 0.0610. The quantitative estimate of drug-likeness (QED) is 0.620. The van der Waals surface area contributed by atoms with Gasteiger partial charge in [-0.2, -0.15) is 11.8 Å². The predicted molar refractivity (Wildman–Crippen MR) is 52.4 cm³/mol. The van der Waals surface area contributed by atoms with Crippen LogP contribution in [0, 0.1) is 0 Å². The molecule has 1 rings (SSSR count). The highest BCUT2D eigenvalue weighted by atomic mass is 32.2. The Bertz CT molecular complexity index is 152. The molecule has 0 saturated carbocycles. The Kier molecular flexibility index (Phi) is 4.46. The number of nitrogens with one attached hydrogen (secondary N) is 2. The maximum atomic E-state index is 11.2. The molecule has 1 atom stereocenters. The largest absolute Gasteiger partial charge is 0.353 e.